The summed E-state index contributed by atoms with van der Waals surface area (Å²) in [6.45, 7) is 6.13. The van der Waals surface area contributed by atoms with Crippen molar-refractivity contribution in [2.75, 3.05) is 45.8 Å². The van der Waals surface area contributed by atoms with Gasteiger partial charge < -0.3 is 14.5 Å². The third-order valence-electron chi connectivity index (χ3n) is 4.22. The molecule has 22 heavy (non-hydrogen) atoms. The van der Waals surface area contributed by atoms with Crippen LogP contribution in [-0.4, -0.2) is 61.7 Å². The summed E-state index contributed by atoms with van der Waals surface area (Å²) < 4.78 is 5.06. The summed E-state index contributed by atoms with van der Waals surface area (Å²) in [7, 11) is 5.55. The number of methoxy groups -OCH3 is 1. The number of ether oxygens (including phenoxy) is 1. The third-order valence-corrected chi connectivity index (χ3v) is 4.22. The summed E-state index contributed by atoms with van der Waals surface area (Å²) in [6, 6.07) is 0. The first-order chi connectivity index (χ1) is 10.4. The number of hydrogen-bond donors (Lipinski definition) is 0. The van der Waals surface area contributed by atoms with E-state index in [2.05, 4.69) is 16.9 Å². The fraction of sp³-hybridized carbons (Fsp3) is 0.688. The lowest BCUT2D eigenvalue weighted by Crippen LogP contribution is -2.29. The molecule has 1 amide bonds. The van der Waals surface area contributed by atoms with Crippen molar-refractivity contribution >= 4 is 11.9 Å². The van der Waals surface area contributed by atoms with E-state index in [0.717, 1.165) is 35.9 Å². The summed E-state index contributed by atoms with van der Waals surface area (Å²) in [4.78, 5) is 25.0. The summed E-state index contributed by atoms with van der Waals surface area (Å²) in [5.74, 6) is 1.28. The number of anilines is 1. The Balaban J connectivity index is 2.09. The van der Waals surface area contributed by atoms with Gasteiger partial charge in [0.2, 0.25) is 11.9 Å². The van der Waals surface area contributed by atoms with Gasteiger partial charge >= 0.3 is 0 Å². The van der Waals surface area contributed by atoms with Crippen LogP contribution in [0, 0.1) is 19.8 Å². The van der Waals surface area contributed by atoms with Gasteiger partial charge in [-0.15, -0.1) is 0 Å². The minimum Gasteiger partial charge on any atom is -0.383 e. The molecule has 1 saturated heterocycles. The third kappa shape index (κ3) is 3.74. The smallest absolute Gasteiger partial charge is 0.225 e. The molecule has 0 radical (unpaired) electrons. The summed E-state index contributed by atoms with van der Waals surface area (Å²) in [5.41, 5.74) is 3.20. The zero-order valence-corrected chi connectivity index (χ0v) is 14.2. The number of carbonyl (C=O) groups is 1. The molecule has 1 aromatic rings. The van der Waals surface area contributed by atoms with Gasteiger partial charge in [-0.2, -0.15) is 0 Å². The van der Waals surface area contributed by atoms with Gasteiger partial charge in [0.05, 0.1) is 6.61 Å². The summed E-state index contributed by atoms with van der Waals surface area (Å²) in [5, 5.41) is 0. The van der Waals surface area contributed by atoms with E-state index in [1.54, 1.807) is 7.11 Å². The monoisotopic (exact) mass is 306 g/mol. The maximum absolute atomic E-state index is 12.0. The first-order valence-electron chi connectivity index (χ1n) is 7.70. The molecule has 1 fully saturated rings. The summed E-state index contributed by atoms with van der Waals surface area (Å²) in [6.07, 6.45) is 1.43. The number of nitrogens with zero attached hydrogens (tertiary/aromatic N) is 4. The van der Waals surface area contributed by atoms with Gasteiger partial charge in [0.15, 0.2) is 0 Å². The van der Waals surface area contributed by atoms with E-state index >= 15 is 0 Å². The molecule has 0 aromatic carbocycles. The average Bonchev–Trinajstić information content (AvgIpc) is 2.81. The highest BCUT2D eigenvalue weighted by Crippen LogP contribution is 2.24. The van der Waals surface area contributed by atoms with E-state index in [-0.39, 0.29) is 5.91 Å². The number of amides is 1. The van der Waals surface area contributed by atoms with Gasteiger partial charge in [-0.1, -0.05) is 0 Å². The van der Waals surface area contributed by atoms with Crippen molar-refractivity contribution in [2.45, 2.75) is 26.7 Å². The zero-order valence-electron chi connectivity index (χ0n) is 14.2. The Morgan fingerprint density at radius 1 is 1.32 bits per heavy atom. The number of aromatic nitrogens is 2. The van der Waals surface area contributed by atoms with Crippen LogP contribution in [0.3, 0.4) is 0 Å². The van der Waals surface area contributed by atoms with Crippen molar-refractivity contribution in [2.24, 2.45) is 5.92 Å². The highest BCUT2D eigenvalue weighted by molar-refractivity contribution is 5.78. The number of aryl methyl sites for hydroxylation is 1. The molecule has 6 heteroatoms. The second-order valence-electron chi connectivity index (χ2n) is 6.18. The molecule has 1 atom stereocenters. The van der Waals surface area contributed by atoms with Crippen LogP contribution in [0.25, 0.3) is 0 Å². The molecule has 1 unspecified atom stereocenters. The predicted octanol–water partition coefficient (Wildman–Crippen LogP) is 1.20. The second kappa shape index (κ2) is 7.05. The Labute approximate surface area is 132 Å². The molecule has 0 bridgehead atoms. The van der Waals surface area contributed by atoms with Crippen molar-refractivity contribution in [3.8, 4) is 0 Å². The van der Waals surface area contributed by atoms with Crippen molar-refractivity contribution in [3.63, 3.8) is 0 Å². The molecule has 0 aliphatic carbocycles. The van der Waals surface area contributed by atoms with E-state index in [1.807, 2.05) is 30.8 Å². The molecule has 122 valence electrons. The van der Waals surface area contributed by atoms with Crippen molar-refractivity contribution in [3.05, 3.63) is 17.0 Å². The minimum absolute atomic E-state index is 0.221. The quantitative estimate of drug-likeness (QED) is 0.790. The molecule has 0 saturated carbocycles. The Morgan fingerprint density at radius 2 is 2.05 bits per heavy atom. The summed E-state index contributed by atoms with van der Waals surface area (Å²) >= 11 is 0. The van der Waals surface area contributed by atoms with Crippen LogP contribution in [0.5, 0.6) is 0 Å². The van der Waals surface area contributed by atoms with E-state index in [4.69, 9.17) is 4.74 Å². The largest absolute Gasteiger partial charge is 0.383 e. The van der Waals surface area contributed by atoms with Crippen LogP contribution >= 0.6 is 0 Å². The molecule has 6 nitrogen and oxygen atoms in total. The molecule has 1 aliphatic heterocycles. The number of likely N-dealkylation sites (tertiary alicyclic amines) is 1. The molecule has 0 spiro atoms. The van der Waals surface area contributed by atoms with Gasteiger partial charge in [-0.25, -0.2) is 9.97 Å². The molecular weight excluding hydrogens is 280 g/mol. The molecule has 2 heterocycles. The average molecular weight is 306 g/mol. The van der Waals surface area contributed by atoms with Gasteiger partial charge in [-0.05, 0) is 31.7 Å². The number of rotatable bonds is 6. The van der Waals surface area contributed by atoms with Gasteiger partial charge in [-0.3, -0.25) is 4.79 Å². The van der Waals surface area contributed by atoms with Crippen molar-refractivity contribution < 1.29 is 9.53 Å². The predicted molar refractivity (Wildman–Crippen MR) is 86.1 cm³/mol. The van der Waals surface area contributed by atoms with Crippen LogP contribution in [0.2, 0.25) is 0 Å². The maximum atomic E-state index is 12.0. The fourth-order valence-electron chi connectivity index (χ4n) is 2.75. The standard InChI is InChI=1S/C16H26N4O2/c1-11-12(2)17-16(19(3)4)18-14(11)8-13-9-15(21)20(10-13)6-7-22-5/h13H,6-10H2,1-5H3. The first-order valence-corrected chi connectivity index (χ1v) is 7.70. The van der Waals surface area contributed by atoms with E-state index in [0.29, 0.717) is 25.5 Å². The van der Waals surface area contributed by atoms with Gasteiger partial charge in [0, 0.05) is 52.1 Å². The van der Waals surface area contributed by atoms with Crippen LogP contribution in [0.4, 0.5) is 5.95 Å². The van der Waals surface area contributed by atoms with Crippen LogP contribution in [0.15, 0.2) is 0 Å². The molecule has 1 aliphatic rings. The van der Waals surface area contributed by atoms with Crippen molar-refractivity contribution in [1.29, 1.82) is 0 Å². The first kappa shape index (κ1) is 16.7. The van der Waals surface area contributed by atoms with E-state index in [9.17, 15) is 4.79 Å². The van der Waals surface area contributed by atoms with Gasteiger partial charge in [0.1, 0.15) is 0 Å². The Morgan fingerprint density at radius 3 is 2.68 bits per heavy atom. The normalized spacial score (nSPS) is 18.1. The lowest BCUT2D eigenvalue weighted by molar-refractivity contribution is -0.128. The van der Waals surface area contributed by atoms with Crippen molar-refractivity contribution in [1.82, 2.24) is 14.9 Å². The molecule has 2 rings (SSSR count). The lowest BCUT2D eigenvalue weighted by atomic mass is 9.99. The number of carbonyl (C=O) groups excluding carboxylic acids is 1. The van der Waals surface area contributed by atoms with E-state index in [1.165, 1.54) is 0 Å². The number of hydrogen-bond acceptors (Lipinski definition) is 5. The maximum Gasteiger partial charge on any atom is 0.225 e. The highest BCUT2D eigenvalue weighted by atomic mass is 16.5. The fourth-order valence-corrected chi connectivity index (χ4v) is 2.75. The molecule has 1 aromatic heterocycles. The minimum atomic E-state index is 0.221. The Kier molecular flexibility index (Phi) is 5.34. The van der Waals surface area contributed by atoms with Gasteiger partial charge in [0.25, 0.3) is 0 Å². The lowest BCUT2D eigenvalue weighted by Gasteiger charge is -2.18. The zero-order chi connectivity index (χ0) is 16.3. The SMILES string of the molecule is COCCN1CC(Cc2nc(N(C)C)nc(C)c2C)CC1=O. The van der Waals surface area contributed by atoms with Crippen LogP contribution < -0.4 is 4.90 Å². The Hall–Kier alpha value is -1.69. The second-order valence-corrected chi connectivity index (χ2v) is 6.18. The Bertz CT molecular complexity index is 545. The molecule has 0 N–H and O–H groups in total. The molecular formula is C16H26N4O2. The van der Waals surface area contributed by atoms with Crippen LogP contribution in [0.1, 0.15) is 23.4 Å². The van der Waals surface area contributed by atoms with E-state index < -0.39 is 0 Å². The highest BCUT2D eigenvalue weighted by Gasteiger charge is 2.30. The topological polar surface area (TPSA) is 58.6 Å². The van der Waals surface area contributed by atoms with Crippen LogP contribution in [-0.2, 0) is 16.0 Å².